The molecule has 1 aliphatic rings. The molecule has 2 aromatic carbocycles. The van der Waals surface area contributed by atoms with Crippen LogP contribution in [0, 0.1) is 12.8 Å². The van der Waals surface area contributed by atoms with E-state index in [2.05, 4.69) is 53.6 Å². The quantitative estimate of drug-likeness (QED) is 0.433. The largest absolute Gasteiger partial charge is 0.492 e. The summed E-state index contributed by atoms with van der Waals surface area (Å²) in [6.45, 7) is 4.77. The Morgan fingerprint density at radius 3 is 2.58 bits per heavy atom. The van der Waals surface area contributed by atoms with Crippen LogP contribution in [0.4, 0.5) is 0 Å². The number of fused-ring (bicyclic) bond motifs is 1. The highest BCUT2D eigenvalue weighted by molar-refractivity contribution is 7.13. The lowest BCUT2D eigenvalue weighted by molar-refractivity contribution is 0.217. The van der Waals surface area contributed by atoms with Gasteiger partial charge in [-0.15, -0.1) is 11.3 Å². The van der Waals surface area contributed by atoms with E-state index in [9.17, 15) is 4.79 Å². The van der Waals surface area contributed by atoms with Crippen molar-refractivity contribution in [2.24, 2.45) is 5.92 Å². The minimum Gasteiger partial charge on any atom is -0.492 e. The molecule has 2 aromatic heterocycles. The van der Waals surface area contributed by atoms with Crippen molar-refractivity contribution in [1.82, 2.24) is 10.3 Å². The number of H-pyrrole nitrogens is 1. The first-order valence-electron chi connectivity index (χ1n) is 10.8. The zero-order valence-electron chi connectivity index (χ0n) is 17.6. The number of rotatable bonds is 5. The topological polar surface area (TPSA) is 54.1 Å². The molecule has 1 saturated heterocycles. The maximum Gasteiger partial charge on any atom is 0.260 e. The summed E-state index contributed by atoms with van der Waals surface area (Å²) in [5, 5.41) is 6.36. The van der Waals surface area contributed by atoms with Crippen LogP contribution < -0.4 is 15.6 Å². The number of piperidine rings is 1. The summed E-state index contributed by atoms with van der Waals surface area (Å²) in [4.78, 5) is 17.4. The molecule has 0 spiro atoms. The highest BCUT2D eigenvalue weighted by Crippen LogP contribution is 2.38. The molecule has 0 aliphatic carbocycles. The minimum absolute atomic E-state index is 0.102. The van der Waals surface area contributed by atoms with Gasteiger partial charge < -0.3 is 15.0 Å². The monoisotopic (exact) mass is 430 g/mol. The van der Waals surface area contributed by atoms with E-state index in [1.165, 1.54) is 5.56 Å². The molecule has 0 amide bonds. The van der Waals surface area contributed by atoms with Gasteiger partial charge in [-0.25, -0.2) is 0 Å². The lowest BCUT2D eigenvalue weighted by Gasteiger charge is -2.24. The molecule has 3 heterocycles. The van der Waals surface area contributed by atoms with Crippen LogP contribution in [0.2, 0.25) is 0 Å². The van der Waals surface area contributed by atoms with Crippen molar-refractivity contribution in [3.05, 3.63) is 75.9 Å². The van der Waals surface area contributed by atoms with Crippen molar-refractivity contribution in [1.29, 1.82) is 0 Å². The molecule has 0 bridgehead atoms. The van der Waals surface area contributed by atoms with Crippen molar-refractivity contribution in [2.45, 2.75) is 19.8 Å². The average Bonchev–Trinajstić information content (AvgIpc) is 3.32. The van der Waals surface area contributed by atoms with Crippen LogP contribution in [0.25, 0.3) is 32.5 Å². The van der Waals surface area contributed by atoms with Gasteiger partial charge in [0.1, 0.15) is 5.75 Å². The van der Waals surface area contributed by atoms with Gasteiger partial charge in [0, 0.05) is 15.8 Å². The fourth-order valence-corrected chi connectivity index (χ4v) is 5.07. The second-order valence-electron chi connectivity index (χ2n) is 8.23. The average molecular weight is 431 g/mol. The van der Waals surface area contributed by atoms with Crippen molar-refractivity contribution < 1.29 is 4.74 Å². The SMILES string of the molecule is Cc1ccc(-c2cccc3c(OCC4CCNCC4)c(-c4cccs4)c(=O)[nH]c23)cc1. The number of aromatic nitrogens is 1. The Kier molecular flexibility index (Phi) is 5.62. The predicted octanol–water partition coefficient (Wildman–Crippen LogP) is 5.61. The summed E-state index contributed by atoms with van der Waals surface area (Å²) in [5.41, 5.74) is 4.67. The van der Waals surface area contributed by atoms with Gasteiger partial charge in [-0.2, -0.15) is 0 Å². The van der Waals surface area contributed by atoms with Crippen molar-refractivity contribution in [2.75, 3.05) is 19.7 Å². The predicted molar refractivity (Wildman–Crippen MR) is 129 cm³/mol. The first kappa shape index (κ1) is 20.0. The molecule has 0 saturated carbocycles. The van der Waals surface area contributed by atoms with Gasteiger partial charge in [-0.05, 0) is 61.8 Å². The Morgan fingerprint density at radius 1 is 1.03 bits per heavy atom. The molecule has 4 nitrogen and oxygen atoms in total. The van der Waals surface area contributed by atoms with Crippen molar-refractivity contribution in [3.8, 4) is 27.3 Å². The van der Waals surface area contributed by atoms with E-state index in [4.69, 9.17) is 4.74 Å². The van der Waals surface area contributed by atoms with Gasteiger partial charge in [0.15, 0.2) is 0 Å². The van der Waals surface area contributed by atoms with E-state index in [1.807, 2.05) is 23.6 Å². The highest BCUT2D eigenvalue weighted by Gasteiger charge is 2.21. The number of aromatic amines is 1. The van der Waals surface area contributed by atoms with Crippen LogP contribution in [0.1, 0.15) is 18.4 Å². The first-order valence-corrected chi connectivity index (χ1v) is 11.7. The Bertz CT molecular complexity index is 1240. The molecule has 158 valence electrons. The van der Waals surface area contributed by atoms with E-state index in [0.29, 0.717) is 23.8 Å². The molecule has 1 fully saturated rings. The third kappa shape index (κ3) is 4.03. The Morgan fingerprint density at radius 2 is 1.84 bits per heavy atom. The zero-order chi connectivity index (χ0) is 21.2. The standard InChI is InChI=1S/C26H26N2O2S/c1-17-7-9-19(10-8-17)20-4-2-5-21-24(20)28-26(29)23(22-6-3-15-31-22)25(21)30-16-18-11-13-27-14-12-18/h2-10,15,18,27H,11-14,16H2,1H3,(H,28,29). The summed E-state index contributed by atoms with van der Waals surface area (Å²) < 4.78 is 6.46. The van der Waals surface area contributed by atoms with Crippen molar-refractivity contribution >= 4 is 22.2 Å². The number of aryl methyl sites for hydroxylation is 1. The lowest BCUT2D eigenvalue weighted by atomic mass is 9.98. The molecule has 5 rings (SSSR count). The maximum atomic E-state index is 13.3. The number of nitrogens with one attached hydrogen (secondary N) is 2. The van der Waals surface area contributed by atoms with Crippen LogP contribution >= 0.6 is 11.3 Å². The highest BCUT2D eigenvalue weighted by atomic mass is 32.1. The van der Waals surface area contributed by atoms with E-state index < -0.39 is 0 Å². The summed E-state index contributed by atoms with van der Waals surface area (Å²) in [5.74, 6) is 1.21. The van der Waals surface area contributed by atoms with Crippen LogP contribution in [0.3, 0.4) is 0 Å². The molecule has 31 heavy (non-hydrogen) atoms. The van der Waals surface area contributed by atoms with E-state index in [1.54, 1.807) is 11.3 Å². The number of para-hydroxylation sites is 1. The third-order valence-electron chi connectivity index (χ3n) is 6.05. The van der Waals surface area contributed by atoms with E-state index in [0.717, 1.165) is 52.8 Å². The molecular formula is C26H26N2O2S. The Labute approximate surface area is 185 Å². The van der Waals surface area contributed by atoms with Crippen LogP contribution in [-0.4, -0.2) is 24.7 Å². The van der Waals surface area contributed by atoms with Crippen molar-refractivity contribution in [3.63, 3.8) is 0 Å². The molecular weight excluding hydrogens is 404 g/mol. The molecule has 0 unspecified atom stereocenters. The van der Waals surface area contributed by atoms with Gasteiger partial charge in [0.05, 0.1) is 17.7 Å². The van der Waals surface area contributed by atoms with Gasteiger partial charge in [-0.3, -0.25) is 4.79 Å². The first-order chi connectivity index (χ1) is 15.2. The Balaban J connectivity index is 1.66. The smallest absolute Gasteiger partial charge is 0.260 e. The van der Waals surface area contributed by atoms with Gasteiger partial charge in [-0.1, -0.05) is 48.0 Å². The van der Waals surface area contributed by atoms with Crippen LogP contribution in [-0.2, 0) is 0 Å². The molecule has 5 heteroatoms. The summed E-state index contributed by atoms with van der Waals surface area (Å²) in [6, 6.07) is 18.5. The fourth-order valence-electron chi connectivity index (χ4n) is 4.31. The number of benzene rings is 2. The summed E-state index contributed by atoms with van der Waals surface area (Å²) in [7, 11) is 0. The normalized spacial score (nSPS) is 14.7. The van der Waals surface area contributed by atoms with Crippen LogP contribution in [0.15, 0.2) is 64.8 Å². The second kappa shape index (κ2) is 8.69. The second-order valence-corrected chi connectivity index (χ2v) is 9.18. The molecule has 4 aromatic rings. The summed E-state index contributed by atoms with van der Waals surface area (Å²) >= 11 is 1.57. The van der Waals surface area contributed by atoms with Gasteiger partial charge in [0.25, 0.3) is 5.56 Å². The zero-order valence-corrected chi connectivity index (χ0v) is 18.4. The Hall–Kier alpha value is -2.89. The molecule has 0 radical (unpaired) electrons. The number of ether oxygens (including phenoxy) is 1. The lowest BCUT2D eigenvalue weighted by Crippen LogP contribution is -2.30. The van der Waals surface area contributed by atoms with E-state index in [-0.39, 0.29) is 5.56 Å². The number of hydrogen-bond donors (Lipinski definition) is 2. The molecule has 2 N–H and O–H groups in total. The van der Waals surface area contributed by atoms with Gasteiger partial charge in [0.2, 0.25) is 0 Å². The minimum atomic E-state index is -0.102. The third-order valence-corrected chi connectivity index (χ3v) is 6.94. The number of pyridine rings is 1. The number of hydrogen-bond acceptors (Lipinski definition) is 4. The van der Waals surface area contributed by atoms with E-state index >= 15 is 0 Å². The maximum absolute atomic E-state index is 13.3. The molecule has 1 aliphatic heterocycles. The fraction of sp³-hybridized carbons (Fsp3) is 0.269. The van der Waals surface area contributed by atoms with Gasteiger partial charge >= 0.3 is 0 Å². The molecule has 0 atom stereocenters. The number of thiophene rings is 1. The van der Waals surface area contributed by atoms with Crippen LogP contribution in [0.5, 0.6) is 5.75 Å². The summed E-state index contributed by atoms with van der Waals surface area (Å²) in [6.07, 6.45) is 2.20.